The minimum absolute atomic E-state index is 0.111. The minimum atomic E-state index is -0.516. The van der Waals surface area contributed by atoms with Gasteiger partial charge in [0.1, 0.15) is 11.7 Å². The minimum Gasteiger partial charge on any atom is -0.368 e. The van der Waals surface area contributed by atoms with E-state index in [0.717, 1.165) is 39.2 Å². The number of carbonyl (C=O) groups is 2. The zero-order valence-electron chi connectivity index (χ0n) is 14.4. The number of likely N-dealkylation sites (tertiary alicyclic amines) is 1. The molecule has 0 bridgehead atoms. The van der Waals surface area contributed by atoms with Crippen molar-refractivity contribution in [2.45, 2.75) is 44.7 Å². The molecular formula is C19H20BrN3O2S. The summed E-state index contributed by atoms with van der Waals surface area (Å²) in [5, 5.41) is 0.837. The van der Waals surface area contributed by atoms with Gasteiger partial charge in [0.05, 0.1) is 9.88 Å². The Balaban J connectivity index is 1.74. The van der Waals surface area contributed by atoms with Gasteiger partial charge in [-0.25, -0.2) is 4.98 Å². The molecule has 3 atom stereocenters. The Morgan fingerprint density at radius 2 is 2.00 bits per heavy atom. The van der Waals surface area contributed by atoms with Gasteiger partial charge in [-0.05, 0) is 49.8 Å². The van der Waals surface area contributed by atoms with Crippen LogP contribution < -0.4 is 5.73 Å². The maximum atomic E-state index is 13.4. The van der Waals surface area contributed by atoms with Crippen LogP contribution in [-0.4, -0.2) is 33.8 Å². The predicted octanol–water partition coefficient (Wildman–Crippen LogP) is 3.75. The molecular weight excluding hydrogens is 414 g/mol. The lowest BCUT2D eigenvalue weighted by Crippen LogP contribution is -2.47. The zero-order chi connectivity index (χ0) is 18.4. The van der Waals surface area contributed by atoms with Crippen LogP contribution in [0.2, 0.25) is 0 Å². The fraction of sp³-hybridized carbons (Fsp3) is 0.421. The van der Waals surface area contributed by atoms with E-state index in [1.165, 1.54) is 11.3 Å². The van der Waals surface area contributed by atoms with Crippen LogP contribution in [0.4, 0.5) is 0 Å². The molecule has 5 nitrogen and oxygen atoms in total. The third-order valence-corrected chi connectivity index (χ3v) is 6.99. The zero-order valence-corrected chi connectivity index (χ0v) is 16.8. The number of halogens is 1. The molecule has 0 unspecified atom stereocenters. The van der Waals surface area contributed by atoms with Gasteiger partial charge in [0.25, 0.3) is 5.91 Å². The number of hydrogen-bond donors (Lipinski definition) is 1. The number of nitrogens with zero attached hydrogens (tertiary/aromatic N) is 2. The average Bonchev–Trinajstić information content (AvgIpc) is 3.28. The largest absolute Gasteiger partial charge is 0.368 e. The van der Waals surface area contributed by atoms with Gasteiger partial charge in [0.15, 0.2) is 0 Å². The van der Waals surface area contributed by atoms with E-state index in [9.17, 15) is 9.59 Å². The van der Waals surface area contributed by atoms with E-state index in [0.29, 0.717) is 18.0 Å². The van der Waals surface area contributed by atoms with Crippen molar-refractivity contribution >= 4 is 39.1 Å². The van der Waals surface area contributed by atoms with Crippen molar-refractivity contribution in [2.24, 2.45) is 11.7 Å². The second-order valence-electron chi connectivity index (χ2n) is 7.04. The van der Waals surface area contributed by atoms with Crippen LogP contribution in [0, 0.1) is 12.8 Å². The first-order valence-electron chi connectivity index (χ1n) is 8.81. The quantitative estimate of drug-likeness (QED) is 0.800. The number of hydrogen-bond acceptors (Lipinski definition) is 4. The molecule has 2 amide bonds. The number of rotatable bonds is 3. The second kappa shape index (κ2) is 6.78. The van der Waals surface area contributed by atoms with Crippen molar-refractivity contribution in [3.63, 3.8) is 0 Å². The number of thiazole rings is 1. The summed E-state index contributed by atoms with van der Waals surface area (Å²) in [6, 6.07) is 7.45. The number of nitrogens with two attached hydrogens (primary N) is 1. The molecule has 0 radical (unpaired) electrons. The Kier molecular flexibility index (Phi) is 4.61. The summed E-state index contributed by atoms with van der Waals surface area (Å²) < 4.78 is 0.984. The highest BCUT2D eigenvalue weighted by atomic mass is 79.9. The van der Waals surface area contributed by atoms with Crippen LogP contribution in [0.3, 0.4) is 0 Å². The van der Waals surface area contributed by atoms with Gasteiger partial charge >= 0.3 is 0 Å². The number of primary amides is 1. The Hall–Kier alpha value is -1.73. The standard InChI is InChI=1S/C19H20BrN3O2S/c1-10-22-16(17(26-10)11-5-7-13(20)8-6-11)19(25)23-14-4-2-3-12(14)9-15(23)18(21)24/h5-8,12,14-15H,2-4,9H2,1H3,(H2,21,24)/t12-,14-,15-/m0/s1. The van der Waals surface area contributed by atoms with Gasteiger partial charge in [0, 0.05) is 10.5 Å². The Labute approximate surface area is 164 Å². The lowest BCUT2D eigenvalue weighted by molar-refractivity contribution is -0.122. The van der Waals surface area contributed by atoms with Crippen molar-refractivity contribution < 1.29 is 9.59 Å². The molecule has 2 aromatic rings. The van der Waals surface area contributed by atoms with Crippen LogP contribution in [0.5, 0.6) is 0 Å². The molecule has 1 aromatic carbocycles. The molecule has 2 aliphatic rings. The van der Waals surface area contributed by atoms with E-state index < -0.39 is 11.9 Å². The van der Waals surface area contributed by atoms with Gasteiger partial charge in [0.2, 0.25) is 5.91 Å². The molecule has 1 saturated carbocycles. The third kappa shape index (κ3) is 2.97. The van der Waals surface area contributed by atoms with Gasteiger partial charge in [-0.1, -0.05) is 34.5 Å². The average molecular weight is 434 g/mol. The van der Waals surface area contributed by atoms with E-state index in [4.69, 9.17) is 5.73 Å². The van der Waals surface area contributed by atoms with Crippen LogP contribution in [0.1, 0.15) is 41.2 Å². The molecule has 1 aliphatic heterocycles. The Morgan fingerprint density at radius 3 is 2.69 bits per heavy atom. The highest BCUT2D eigenvalue weighted by Crippen LogP contribution is 2.43. The first-order chi connectivity index (χ1) is 12.5. The van der Waals surface area contributed by atoms with Crippen molar-refractivity contribution in [3.05, 3.63) is 39.4 Å². The van der Waals surface area contributed by atoms with Gasteiger partial charge in [-0.2, -0.15) is 0 Å². The molecule has 7 heteroatoms. The third-order valence-electron chi connectivity index (χ3n) is 5.44. The topological polar surface area (TPSA) is 76.3 Å². The lowest BCUT2D eigenvalue weighted by Gasteiger charge is -2.27. The summed E-state index contributed by atoms with van der Waals surface area (Å²) in [4.78, 5) is 32.5. The highest BCUT2D eigenvalue weighted by molar-refractivity contribution is 9.10. The number of amides is 2. The number of aryl methyl sites for hydroxylation is 1. The molecule has 4 rings (SSSR count). The van der Waals surface area contributed by atoms with Crippen molar-refractivity contribution in [3.8, 4) is 10.4 Å². The number of carbonyl (C=O) groups excluding carboxylic acids is 2. The predicted molar refractivity (Wildman–Crippen MR) is 105 cm³/mol. The number of fused-ring (bicyclic) bond motifs is 1. The molecule has 136 valence electrons. The van der Waals surface area contributed by atoms with E-state index in [1.807, 2.05) is 31.2 Å². The lowest BCUT2D eigenvalue weighted by atomic mass is 10.0. The second-order valence-corrected chi connectivity index (χ2v) is 9.16. The van der Waals surface area contributed by atoms with Gasteiger partial charge < -0.3 is 10.6 Å². The first kappa shape index (κ1) is 17.7. The molecule has 0 spiro atoms. The molecule has 1 aliphatic carbocycles. The maximum Gasteiger partial charge on any atom is 0.274 e. The van der Waals surface area contributed by atoms with E-state index in [2.05, 4.69) is 20.9 Å². The summed E-state index contributed by atoms with van der Waals surface area (Å²) in [6.45, 7) is 1.90. The van der Waals surface area contributed by atoms with Gasteiger partial charge in [-0.15, -0.1) is 11.3 Å². The molecule has 2 heterocycles. The molecule has 2 N–H and O–H groups in total. The smallest absolute Gasteiger partial charge is 0.274 e. The van der Waals surface area contributed by atoms with Crippen LogP contribution in [0.15, 0.2) is 28.7 Å². The molecule has 2 fully saturated rings. The fourth-order valence-electron chi connectivity index (χ4n) is 4.33. The summed E-state index contributed by atoms with van der Waals surface area (Å²) >= 11 is 4.95. The molecule has 1 aromatic heterocycles. The molecule has 26 heavy (non-hydrogen) atoms. The van der Waals surface area contributed by atoms with Gasteiger partial charge in [-0.3, -0.25) is 9.59 Å². The summed E-state index contributed by atoms with van der Waals surface area (Å²) in [5.41, 5.74) is 7.02. The Bertz CT molecular complexity index is 864. The number of aromatic nitrogens is 1. The van der Waals surface area contributed by atoms with Crippen molar-refractivity contribution in [2.75, 3.05) is 0 Å². The monoisotopic (exact) mass is 433 g/mol. The molecule has 1 saturated heterocycles. The summed E-state index contributed by atoms with van der Waals surface area (Å²) in [6.07, 6.45) is 3.79. The summed E-state index contributed by atoms with van der Waals surface area (Å²) in [7, 11) is 0. The van der Waals surface area contributed by atoms with E-state index >= 15 is 0 Å². The van der Waals surface area contributed by atoms with Crippen LogP contribution in [0.25, 0.3) is 10.4 Å². The SMILES string of the molecule is Cc1nc(C(=O)N2[C@H](C(N)=O)C[C@@H]3CCC[C@@H]32)c(-c2ccc(Br)cc2)s1. The summed E-state index contributed by atoms with van der Waals surface area (Å²) in [5.74, 6) is -0.192. The van der Waals surface area contributed by atoms with Crippen LogP contribution in [-0.2, 0) is 4.79 Å². The van der Waals surface area contributed by atoms with Crippen molar-refractivity contribution in [1.29, 1.82) is 0 Å². The van der Waals surface area contributed by atoms with E-state index in [1.54, 1.807) is 4.90 Å². The van der Waals surface area contributed by atoms with Crippen LogP contribution >= 0.6 is 27.3 Å². The maximum absolute atomic E-state index is 13.4. The van der Waals surface area contributed by atoms with E-state index in [-0.39, 0.29) is 11.9 Å². The highest BCUT2D eigenvalue weighted by Gasteiger charge is 2.48. The Morgan fingerprint density at radius 1 is 1.27 bits per heavy atom. The normalized spacial score (nSPS) is 24.7. The first-order valence-corrected chi connectivity index (χ1v) is 10.4. The fourth-order valence-corrected chi connectivity index (χ4v) is 5.51. The van der Waals surface area contributed by atoms with Crippen molar-refractivity contribution in [1.82, 2.24) is 9.88 Å². The number of benzene rings is 1.